The van der Waals surface area contributed by atoms with Crippen molar-refractivity contribution in [3.05, 3.63) is 11.3 Å². The number of hydrogen-bond acceptors (Lipinski definition) is 7. The highest BCUT2D eigenvalue weighted by atomic mass is 127. The zero-order valence-electron chi connectivity index (χ0n) is 15.8. The second-order valence-corrected chi connectivity index (χ2v) is 19.1. The van der Waals surface area contributed by atoms with Crippen molar-refractivity contribution in [2.45, 2.75) is 50.0 Å². The fraction of sp³-hybridized carbons (Fsp3) is 0.667. The summed E-state index contributed by atoms with van der Waals surface area (Å²) >= 11 is 3.43. The van der Waals surface area contributed by atoms with E-state index >= 15 is 0 Å². The SMILES string of the molecule is C[Si](C)(C)OC(=O)C1=C(CI)C(N)S[C@@H]2[C@@H](C(=O)O[Si](C)(C)C)C(=O)N12. The van der Waals surface area contributed by atoms with Crippen molar-refractivity contribution < 1.29 is 23.2 Å². The van der Waals surface area contributed by atoms with Gasteiger partial charge in [0.25, 0.3) is 0 Å². The van der Waals surface area contributed by atoms with Gasteiger partial charge in [-0.3, -0.25) is 14.5 Å². The van der Waals surface area contributed by atoms with E-state index in [-0.39, 0.29) is 5.70 Å². The third kappa shape index (κ3) is 4.54. The van der Waals surface area contributed by atoms with Crippen LogP contribution in [0.3, 0.4) is 0 Å². The van der Waals surface area contributed by atoms with Crippen LogP contribution in [0.2, 0.25) is 39.3 Å². The summed E-state index contributed by atoms with van der Waals surface area (Å²) in [6.45, 7) is 11.4. The van der Waals surface area contributed by atoms with Gasteiger partial charge in [0, 0.05) is 4.43 Å². The summed E-state index contributed by atoms with van der Waals surface area (Å²) < 4.78 is 11.6. The Morgan fingerprint density at radius 3 is 2.15 bits per heavy atom. The Kier molecular flexibility index (Phi) is 6.38. The van der Waals surface area contributed by atoms with Gasteiger partial charge in [-0.1, -0.05) is 22.6 Å². The molecule has 0 bridgehead atoms. The van der Waals surface area contributed by atoms with Gasteiger partial charge < -0.3 is 14.6 Å². The maximum atomic E-state index is 12.8. The van der Waals surface area contributed by atoms with Crippen LogP contribution in [-0.4, -0.2) is 54.6 Å². The number of rotatable bonds is 5. The van der Waals surface area contributed by atoms with E-state index < -0.39 is 51.1 Å². The van der Waals surface area contributed by atoms with Crippen molar-refractivity contribution in [2.75, 3.05) is 4.43 Å². The summed E-state index contributed by atoms with van der Waals surface area (Å²) in [6.07, 6.45) is 0. The lowest BCUT2D eigenvalue weighted by molar-refractivity contribution is -0.163. The molecule has 2 aliphatic heterocycles. The molecule has 0 aliphatic carbocycles. The number of thioether (sulfide) groups is 1. The molecule has 0 spiro atoms. The number of amides is 1. The van der Waals surface area contributed by atoms with Crippen LogP contribution in [0.5, 0.6) is 0 Å². The van der Waals surface area contributed by atoms with E-state index in [1.165, 1.54) is 16.7 Å². The fourth-order valence-corrected chi connectivity index (χ4v) is 6.53. The Bertz CT molecular complexity index is 674. The smallest absolute Gasteiger partial charge is 0.341 e. The Morgan fingerprint density at radius 1 is 1.15 bits per heavy atom. The number of β-lactam (4-membered cyclic amide) rings is 1. The van der Waals surface area contributed by atoms with Crippen molar-refractivity contribution in [1.29, 1.82) is 0 Å². The molecule has 1 fully saturated rings. The topological polar surface area (TPSA) is 98.9 Å². The van der Waals surface area contributed by atoms with Gasteiger partial charge in [-0.2, -0.15) is 0 Å². The molecule has 146 valence electrons. The molecule has 1 unspecified atom stereocenters. The van der Waals surface area contributed by atoms with Crippen molar-refractivity contribution >= 4 is 68.8 Å². The third-order valence-electron chi connectivity index (χ3n) is 3.61. The van der Waals surface area contributed by atoms with E-state index in [0.717, 1.165) is 0 Å². The lowest BCUT2D eigenvalue weighted by atomic mass is 9.95. The third-order valence-corrected chi connectivity index (χ3v) is 7.39. The minimum absolute atomic E-state index is 0.208. The highest BCUT2D eigenvalue weighted by molar-refractivity contribution is 14.1. The highest BCUT2D eigenvalue weighted by Gasteiger charge is 2.59. The summed E-state index contributed by atoms with van der Waals surface area (Å²) in [5.74, 6) is -2.38. The van der Waals surface area contributed by atoms with Gasteiger partial charge in [0.1, 0.15) is 11.1 Å². The van der Waals surface area contributed by atoms with Gasteiger partial charge >= 0.3 is 11.9 Å². The van der Waals surface area contributed by atoms with E-state index in [1.54, 1.807) is 0 Å². The first-order valence-electron chi connectivity index (χ1n) is 8.26. The molecule has 1 saturated heterocycles. The van der Waals surface area contributed by atoms with E-state index in [9.17, 15) is 14.4 Å². The van der Waals surface area contributed by atoms with Crippen LogP contribution >= 0.6 is 34.4 Å². The van der Waals surface area contributed by atoms with E-state index in [0.29, 0.717) is 10.0 Å². The fourth-order valence-electron chi connectivity index (χ4n) is 2.64. The molecule has 11 heteroatoms. The number of nitrogens with zero attached hydrogens (tertiary/aromatic N) is 1. The number of carbonyl (C=O) groups is 3. The van der Waals surface area contributed by atoms with Gasteiger partial charge in [-0.25, -0.2) is 4.79 Å². The van der Waals surface area contributed by atoms with Crippen LogP contribution < -0.4 is 5.73 Å². The summed E-state index contributed by atoms with van der Waals surface area (Å²) in [7, 11) is -4.27. The highest BCUT2D eigenvalue weighted by Crippen LogP contribution is 2.47. The molecule has 0 saturated carbocycles. The van der Waals surface area contributed by atoms with Gasteiger partial charge in [-0.05, 0) is 44.9 Å². The largest absolute Gasteiger partial charge is 0.519 e. The number of fused-ring (bicyclic) bond motifs is 1. The molecule has 2 aliphatic rings. The summed E-state index contributed by atoms with van der Waals surface area (Å²) in [6, 6.07) is 0. The average Bonchev–Trinajstić information content (AvgIpc) is 2.42. The summed E-state index contributed by atoms with van der Waals surface area (Å²) in [5, 5.41) is -0.982. The molecular weight excluding hydrogens is 503 g/mol. The minimum Gasteiger partial charge on any atom is -0.519 e. The van der Waals surface area contributed by atoms with E-state index in [4.69, 9.17) is 14.6 Å². The molecule has 3 atom stereocenters. The maximum Gasteiger partial charge on any atom is 0.341 e. The van der Waals surface area contributed by atoms with Crippen molar-refractivity contribution in [2.24, 2.45) is 11.7 Å². The molecule has 2 heterocycles. The van der Waals surface area contributed by atoms with Crippen molar-refractivity contribution in [1.82, 2.24) is 4.90 Å². The number of hydrogen-bond donors (Lipinski definition) is 1. The van der Waals surface area contributed by atoms with E-state index in [1.807, 2.05) is 39.3 Å². The van der Waals surface area contributed by atoms with Gasteiger partial charge in [-0.15, -0.1) is 11.8 Å². The number of nitrogens with two attached hydrogens (primary N) is 1. The molecule has 7 nitrogen and oxygen atoms in total. The Hall–Kier alpha value is -0.376. The first-order chi connectivity index (χ1) is 11.8. The molecule has 0 aromatic heterocycles. The van der Waals surface area contributed by atoms with Crippen molar-refractivity contribution in [3.63, 3.8) is 0 Å². The molecule has 0 aromatic carbocycles. The first-order valence-corrected chi connectivity index (χ1v) is 17.5. The second-order valence-electron chi connectivity index (χ2n) is 8.18. The zero-order chi connectivity index (χ0) is 20.0. The molecule has 1 amide bonds. The van der Waals surface area contributed by atoms with Crippen LogP contribution in [0.25, 0.3) is 0 Å². The predicted octanol–water partition coefficient (Wildman–Crippen LogP) is 2.25. The van der Waals surface area contributed by atoms with Gasteiger partial charge in [0.15, 0.2) is 5.92 Å². The summed E-state index contributed by atoms with van der Waals surface area (Å²) in [4.78, 5) is 39.3. The normalized spacial score (nSPS) is 26.2. The number of carbonyl (C=O) groups excluding carboxylic acids is 3. The Morgan fingerprint density at radius 2 is 1.69 bits per heavy atom. The van der Waals surface area contributed by atoms with Crippen LogP contribution in [0.1, 0.15) is 0 Å². The molecular formula is C15H25IN2O5SSi2. The van der Waals surface area contributed by atoms with Crippen LogP contribution in [-0.2, 0) is 23.2 Å². The molecule has 2 rings (SSSR count). The first kappa shape index (κ1) is 21.9. The van der Waals surface area contributed by atoms with Crippen LogP contribution in [0.15, 0.2) is 11.3 Å². The van der Waals surface area contributed by atoms with Crippen LogP contribution in [0, 0.1) is 5.92 Å². The molecule has 0 aromatic rings. The summed E-state index contributed by atoms with van der Waals surface area (Å²) in [5.41, 5.74) is 7.10. The maximum absolute atomic E-state index is 12.8. The van der Waals surface area contributed by atoms with Gasteiger partial charge in [0.05, 0.1) is 5.37 Å². The molecule has 26 heavy (non-hydrogen) atoms. The number of alkyl halides is 1. The lowest BCUT2D eigenvalue weighted by Gasteiger charge is -2.50. The quantitative estimate of drug-likeness (QED) is 0.192. The molecule has 2 N–H and O–H groups in total. The Labute approximate surface area is 173 Å². The van der Waals surface area contributed by atoms with E-state index in [2.05, 4.69) is 22.6 Å². The predicted molar refractivity (Wildman–Crippen MR) is 114 cm³/mol. The Balaban J connectivity index is 2.33. The second kappa shape index (κ2) is 7.56. The minimum atomic E-state index is -2.15. The monoisotopic (exact) mass is 528 g/mol. The number of halogens is 1. The molecule has 0 radical (unpaired) electrons. The average molecular weight is 529 g/mol. The van der Waals surface area contributed by atoms with Gasteiger partial charge in [0.2, 0.25) is 22.5 Å². The van der Waals surface area contributed by atoms with Crippen LogP contribution in [0.4, 0.5) is 0 Å². The standard InChI is InChI=1S/C15H25IN2O5SSi2/c1-25(2,3)22-14(20)9-12(19)18-10(15(21)23-26(4,5)6)8(7-16)11(17)24-13(9)18/h9,11,13H,7,17H2,1-6H3/t9-,11?,13+/m0/s1. The lowest BCUT2D eigenvalue weighted by Crippen LogP contribution is -2.66. The zero-order valence-corrected chi connectivity index (χ0v) is 20.8. The van der Waals surface area contributed by atoms with Crippen molar-refractivity contribution in [3.8, 4) is 0 Å².